The Morgan fingerprint density at radius 3 is 1.72 bits per heavy atom. The number of halogens is 4. The zero-order valence-electron chi connectivity index (χ0n) is 62.3. The van der Waals surface area contributed by atoms with Gasteiger partial charge in [-0.3, -0.25) is 57.5 Å². The number of alkyl halides is 4. The van der Waals surface area contributed by atoms with Crippen LogP contribution in [0.5, 0.6) is 0 Å². The van der Waals surface area contributed by atoms with E-state index in [1.807, 2.05) is 48.5 Å². The van der Waals surface area contributed by atoms with E-state index in [9.17, 15) is 56.3 Å². The summed E-state index contributed by atoms with van der Waals surface area (Å²) >= 11 is 6.38. The Morgan fingerprint density at radius 1 is 0.626 bits per heavy atom. The second kappa shape index (κ2) is 39.2. The monoisotopic (exact) mass is 1430 g/mol. The fourth-order valence-corrected chi connectivity index (χ4v) is 13.2. The quantitative estimate of drug-likeness (QED) is 0.0935. The van der Waals surface area contributed by atoms with E-state index in [0.29, 0.717) is 25.7 Å². The molecule has 30 heteroatoms. The van der Waals surface area contributed by atoms with Crippen LogP contribution in [0.3, 0.4) is 0 Å². The second-order valence-corrected chi connectivity index (χ2v) is 30.8. The maximum atomic E-state index is 15.3. The average molecular weight is 1430 g/mol. The van der Waals surface area contributed by atoms with E-state index in [2.05, 4.69) is 26.6 Å². The summed E-state index contributed by atoms with van der Waals surface area (Å²) in [5.41, 5.74) is -2.37. The number of amides is 12. The van der Waals surface area contributed by atoms with E-state index in [1.165, 1.54) is 59.1 Å². The minimum Gasteiger partial charge on any atom is -0.379 e. The van der Waals surface area contributed by atoms with Gasteiger partial charge in [-0.15, -0.1) is 11.6 Å². The number of carbonyl (C=O) groups excluding carboxylic acids is 12. The molecule has 5 N–H and O–H groups in total. The summed E-state index contributed by atoms with van der Waals surface area (Å²) in [7, 11) is 9.45. The number of rotatable bonds is 18. The highest BCUT2D eigenvalue weighted by atomic mass is 35.5. The van der Waals surface area contributed by atoms with Crippen LogP contribution in [0.2, 0.25) is 0 Å². The van der Waals surface area contributed by atoms with Gasteiger partial charge in [0.2, 0.25) is 70.9 Å². The SMILES string of the molecule is CC[C@H](C)[C@@H]1NC(=O)[C@H](CC(C)C)N(C)C(=O)C[C@@H](C)NC(=O)[C@H](CC(C)C)N(C)C(=O)C2(CCCC2)NC(=O)[C@H](COCC(=O)NC(C)(C)C)N(C)C(=O)[C@H](CCC2CCC(C(F)(F)F)C(Cl)C2)NC(=O)CN(C)C(=O)[C@H](COCCC(C)C)N(C)C(=O)CN(C)C(=O)CN(C)C1=O. The largest absolute Gasteiger partial charge is 0.393 e. The molecule has 0 aromatic rings. The first kappa shape index (κ1) is 86.9. The third-order valence-corrected chi connectivity index (χ3v) is 19.5. The van der Waals surface area contributed by atoms with Crippen molar-refractivity contribution in [3.05, 3.63) is 0 Å². The lowest BCUT2D eigenvalue weighted by atomic mass is 9.78. The van der Waals surface area contributed by atoms with E-state index in [1.54, 1.807) is 34.6 Å². The fraction of sp³-hybridized carbons (Fsp3) is 0.826. The lowest BCUT2D eigenvalue weighted by Gasteiger charge is -2.39. The standard InChI is InChI=1S/C69H118ClF3N12O14/c1-20-44(8)59-65(96)81(15)36-57(89)79(13)37-58(90)83(17)53(39-98-30-27-41(2)3)64(95)80(14)35-54(86)75-49(26-24-46-23-25-47(48(70)34-46)69(71,72)73)63(94)84(18)52(38-99-40-55(87)77-67(10,11)12)62(93)78-68(28-21-22-29-68)66(97)85(19)51(32-43(6)7)60(91)74-45(9)33-56(88)82(16)50(31-42(4)5)61(92)76-59/h41-53,59H,20-40H2,1-19H3,(H,74,91)(H,75,86)(H,76,92)(H,77,87)(H,78,93)/t44-,45+,46?,47?,48?,49-,50-,51-,52-,53-,59-/m0/s1. The van der Waals surface area contributed by atoms with Gasteiger partial charge >= 0.3 is 6.18 Å². The maximum Gasteiger partial charge on any atom is 0.393 e. The first-order chi connectivity index (χ1) is 45.9. The number of likely N-dealkylation sites (N-methyl/N-ethyl adjacent to an activating group) is 7. The van der Waals surface area contributed by atoms with E-state index in [-0.39, 0.29) is 95.2 Å². The van der Waals surface area contributed by atoms with Gasteiger partial charge in [0.05, 0.1) is 38.8 Å². The molecule has 3 fully saturated rings. The highest BCUT2D eigenvalue weighted by molar-refractivity contribution is 6.20. The van der Waals surface area contributed by atoms with Crippen molar-refractivity contribution >= 4 is 82.5 Å². The molecular weight excluding hydrogens is 1310 g/mol. The molecule has 99 heavy (non-hydrogen) atoms. The van der Waals surface area contributed by atoms with Crippen molar-refractivity contribution in [2.75, 3.05) is 95.4 Å². The predicted molar refractivity (Wildman–Crippen MR) is 368 cm³/mol. The molecule has 1 aliphatic heterocycles. The summed E-state index contributed by atoms with van der Waals surface area (Å²) in [6.45, 7) is 18.5. The molecule has 3 aliphatic rings. The van der Waals surface area contributed by atoms with Crippen molar-refractivity contribution in [2.24, 2.45) is 35.5 Å². The molecule has 11 atom stereocenters. The topological polar surface area (TPSA) is 306 Å². The van der Waals surface area contributed by atoms with E-state index in [4.69, 9.17) is 21.1 Å². The van der Waals surface area contributed by atoms with Gasteiger partial charge in [-0.2, -0.15) is 13.2 Å². The predicted octanol–water partition coefficient (Wildman–Crippen LogP) is 4.48. The molecule has 1 heterocycles. The van der Waals surface area contributed by atoms with Gasteiger partial charge in [-0.1, -0.05) is 74.7 Å². The minimum absolute atomic E-state index is 0.0659. The van der Waals surface area contributed by atoms with Crippen molar-refractivity contribution in [3.63, 3.8) is 0 Å². The Labute approximate surface area is 590 Å². The smallest absolute Gasteiger partial charge is 0.379 e. The Bertz CT molecular complexity index is 2770. The minimum atomic E-state index is -4.56. The molecule has 2 saturated carbocycles. The first-order valence-electron chi connectivity index (χ1n) is 35.0. The summed E-state index contributed by atoms with van der Waals surface area (Å²) in [4.78, 5) is 182. The van der Waals surface area contributed by atoms with Gasteiger partial charge in [0.1, 0.15) is 48.4 Å². The summed E-state index contributed by atoms with van der Waals surface area (Å²) < 4.78 is 53.9. The average Bonchev–Trinajstić information content (AvgIpc) is 1.72. The van der Waals surface area contributed by atoms with Gasteiger partial charge in [0.25, 0.3) is 0 Å². The number of hydrogen-bond acceptors (Lipinski definition) is 14. The fourth-order valence-electron chi connectivity index (χ4n) is 12.7. The molecule has 0 aromatic heterocycles. The van der Waals surface area contributed by atoms with Crippen molar-refractivity contribution in [2.45, 2.75) is 238 Å². The lowest BCUT2D eigenvalue weighted by molar-refractivity contribution is -0.182. The normalized spacial score (nSPS) is 26.7. The van der Waals surface area contributed by atoms with Crippen molar-refractivity contribution in [1.29, 1.82) is 0 Å². The third-order valence-electron chi connectivity index (χ3n) is 19.0. The number of carbonyl (C=O) groups is 12. The van der Waals surface area contributed by atoms with Crippen LogP contribution in [-0.2, 0) is 67.0 Å². The van der Waals surface area contributed by atoms with Crippen LogP contribution in [0, 0.1) is 35.5 Å². The molecule has 2 aliphatic carbocycles. The van der Waals surface area contributed by atoms with Crippen LogP contribution in [0.25, 0.3) is 0 Å². The van der Waals surface area contributed by atoms with Crippen molar-refractivity contribution in [1.82, 2.24) is 60.9 Å². The number of nitrogens with one attached hydrogen (secondary N) is 5. The highest BCUT2D eigenvalue weighted by Crippen LogP contribution is 2.43. The molecule has 12 amide bonds. The highest BCUT2D eigenvalue weighted by Gasteiger charge is 2.50. The zero-order valence-corrected chi connectivity index (χ0v) is 63.0. The number of hydrogen-bond donors (Lipinski definition) is 5. The maximum absolute atomic E-state index is 15.3. The molecule has 3 rings (SSSR count). The third kappa shape index (κ3) is 26.8. The molecule has 566 valence electrons. The Morgan fingerprint density at radius 2 is 1.17 bits per heavy atom. The van der Waals surface area contributed by atoms with Gasteiger partial charge < -0.3 is 70.4 Å². The van der Waals surface area contributed by atoms with Crippen LogP contribution in [0.15, 0.2) is 0 Å². The summed E-state index contributed by atoms with van der Waals surface area (Å²) in [6.07, 6.45) is -2.88. The summed E-state index contributed by atoms with van der Waals surface area (Å²) in [6, 6.07) is -8.87. The molecule has 3 unspecified atom stereocenters. The molecule has 0 aromatic carbocycles. The van der Waals surface area contributed by atoms with Crippen molar-refractivity contribution in [3.8, 4) is 0 Å². The molecular formula is C69H118ClF3N12O14. The molecule has 0 bridgehead atoms. The van der Waals surface area contributed by atoms with Gasteiger partial charge in [0, 0.05) is 79.3 Å². The number of ether oxygens (including phenoxy) is 2. The first-order valence-corrected chi connectivity index (χ1v) is 35.5. The van der Waals surface area contributed by atoms with E-state index < -0.39 is 186 Å². The molecule has 1 saturated heterocycles. The summed E-state index contributed by atoms with van der Waals surface area (Å²) in [5, 5.41) is 12.9. The van der Waals surface area contributed by atoms with Crippen LogP contribution in [-0.4, -0.2) is 266 Å². The lowest BCUT2D eigenvalue weighted by Crippen LogP contribution is -2.65. The molecule has 1 spiro atoms. The van der Waals surface area contributed by atoms with Gasteiger partial charge in [0.15, 0.2) is 0 Å². The Hall–Kier alpha value is -6.36. The van der Waals surface area contributed by atoms with Gasteiger partial charge in [-0.25, -0.2) is 0 Å². The Kier molecular flexibility index (Phi) is 34.4. The van der Waals surface area contributed by atoms with Crippen molar-refractivity contribution < 1.29 is 80.2 Å². The van der Waals surface area contributed by atoms with Crippen LogP contribution >= 0.6 is 11.6 Å². The second-order valence-electron chi connectivity index (χ2n) is 30.2. The number of nitrogens with zero attached hydrogens (tertiary/aromatic N) is 7. The van der Waals surface area contributed by atoms with Crippen LogP contribution in [0.4, 0.5) is 13.2 Å². The van der Waals surface area contributed by atoms with E-state index >= 15 is 14.4 Å². The van der Waals surface area contributed by atoms with Gasteiger partial charge in [-0.05, 0) is 121 Å². The Balaban J connectivity index is 2.29. The van der Waals surface area contributed by atoms with Crippen LogP contribution in [0.1, 0.15) is 173 Å². The zero-order chi connectivity index (χ0) is 75.4. The van der Waals surface area contributed by atoms with E-state index in [0.717, 1.165) is 24.5 Å². The van der Waals surface area contributed by atoms with Crippen LogP contribution < -0.4 is 26.6 Å². The molecule has 26 nitrogen and oxygen atoms in total. The summed E-state index contributed by atoms with van der Waals surface area (Å²) in [5.74, 6) is -11.4. The molecule has 0 radical (unpaired) electrons.